The van der Waals surface area contributed by atoms with Crippen LogP contribution >= 0.6 is 0 Å². The normalized spacial score (nSPS) is 22.4. The average Bonchev–Trinajstić information content (AvgIpc) is 2.38. The van der Waals surface area contributed by atoms with Crippen molar-refractivity contribution in [2.24, 2.45) is 5.73 Å². The zero-order chi connectivity index (χ0) is 14.6. The Morgan fingerprint density at radius 1 is 1.53 bits per heavy atom. The van der Waals surface area contributed by atoms with E-state index in [1.807, 2.05) is 0 Å². The van der Waals surface area contributed by atoms with Gasteiger partial charge in [0.05, 0.1) is 13.2 Å². The van der Waals surface area contributed by atoms with E-state index in [1.165, 1.54) is 11.8 Å². The number of hydrogen-bond acceptors (Lipinski definition) is 4. The van der Waals surface area contributed by atoms with Gasteiger partial charge < -0.3 is 25.8 Å². The molecule has 2 unspecified atom stereocenters. The summed E-state index contributed by atoms with van der Waals surface area (Å²) in [7, 11) is 0. The molecule has 0 aromatic heterocycles. The van der Waals surface area contributed by atoms with Gasteiger partial charge in [0.2, 0.25) is 5.91 Å². The fraction of sp³-hybridized carbons (Fsp3) is 0.727. The van der Waals surface area contributed by atoms with Crippen molar-refractivity contribution >= 4 is 17.9 Å². The third-order valence-corrected chi connectivity index (χ3v) is 3.28. The first-order valence-corrected chi connectivity index (χ1v) is 6.01. The molecule has 0 spiro atoms. The summed E-state index contributed by atoms with van der Waals surface area (Å²) in [5.41, 5.74) is 3.82. The second kappa shape index (κ2) is 5.87. The highest BCUT2D eigenvalue weighted by Gasteiger charge is 2.38. The van der Waals surface area contributed by atoms with Crippen LogP contribution in [-0.2, 0) is 14.3 Å². The van der Waals surface area contributed by atoms with E-state index >= 15 is 0 Å². The molecule has 19 heavy (non-hydrogen) atoms. The molecule has 0 radical (unpaired) electrons. The predicted octanol–water partition coefficient (Wildman–Crippen LogP) is -0.865. The van der Waals surface area contributed by atoms with Crippen LogP contribution in [0.15, 0.2) is 0 Å². The Morgan fingerprint density at radius 2 is 2.16 bits per heavy atom. The lowest BCUT2D eigenvalue weighted by Gasteiger charge is -2.36. The Balaban J connectivity index is 2.80. The second-order valence-electron chi connectivity index (χ2n) is 4.61. The number of primary amides is 1. The van der Waals surface area contributed by atoms with Crippen LogP contribution in [0.2, 0.25) is 0 Å². The van der Waals surface area contributed by atoms with Crippen LogP contribution in [0.1, 0.15) is 20.3 Å². The van der Waals surface area contributed by atoms with Gasteiger partial charge in [-0.05, 0) is 13.3 Å². The van der Waals surface area contributed by atoms with Crippen molar-refractivity contribution in [2.75, 3.05) is 19.8 Å². The summed E-state index contributed by atoms with van der Waals surface area (Å²) in [5.74, 6) is -1.81. The van der Waals surface area contributed by atoms with Gasteiger partial charge in [0, 0.05) is 6.54 Å². The molecule has 1 heterocycles. The summed E-state index contributed by atoms with van der Waals surface area (Å²) < 4.78 is 5.09. The lowest BCUT2D eigenvalue weighted by atomic mass is 9.99. The molecule has 1 aliphatic rings. The van der Waals surface area contributed by atoms with Gasteiger partial charge in [-0.25, -0.2) is 9.59 Å². The Hall–Kier alpha value is -1.83. The van der Waals surface area contributed by atoms with E-state index in [9.17, 15) is 14.4 Å². The minimum atomic E-state index is -1.38. The van der Waals surface area contributed by atoms with E-state index in [2.05, 4.69) is 5.32 Å². The molecule has 0 aliphatic carbocycles. The Kier molecular flexibility index (Phi) is 4.71. The zero-order valence-corrected chi connectivity index (χ0v) is 11.0. The van der Waals surface area contributed by atoms with Crippen molar-refractivity contribution in [1.29, 1.82) is 0 Å². The smallest absolute Gasteiger partial charge is 0.329 e. The molecule has 2 atom stereocenters. The lowest BCUT2D eigenvalue weighted by Crippen LogP contribution is -2.62. The minimum Gasteiger partial charge on any atom is -0.480 e. The molecule has 3 amide bonds. The van der Waals surface area contributed by atoms with E-state index in [1.54, 1.807) is 6.92 Å². The van der Waals surface area contributed by atoms with Gasteiger partial charge in [-0.2, -0.15) is 0 Å². The number of amides is 3. The summed E-state index contributed by atoms with van der Waals surface area (Å²) in [6, 6.07) is -1.50. The minimum absolute atomic E-state index is 0.0265. The number of nitrogens with two attached hydrogens (primary N) is 1. The van der Waals surface area contributed by atoms with E-state index in [0.29, 0.717) is 0 Å². The maximum absolute atomic E-state index is 12.1. The van der Waals surface area contributed by atoms with Crippen molar-refractivity contribution in [3.05, 3.63) is 0 Å². The van der Waals surface area contributed by atoms with Gasteiger partial charge in [-0.15, -0.1) is 0 Å². The topological polar surface area (TPSA) is 122 Å². The van der Waals surface area contributed by atoms with Crippen molar-refractivity contribution in [1.82, 2.24) is 10.2 Å². The molecule has 108 valence electrons. The van der Waals surface area contributed by atoms with Gasteiger partial charge in [-0.1, -0.05) is 6.92 Å². The number of carbonyl (C=O) groups is 3. The van der Waals surface area contributed by atoms with E-state index in [4.69, 9.17) is 15.6 Å². The first-order chi connectivity index (χ1) is 8.81. The van der Waals surface area contributed by atoms with Gasteiger partial charge in [-0.3, -0.25) is 4.79 Å². The van der Waals surface area contributed by atoms with Gasteiger partial charge in [0.25, 0.3) is 0 Å². The highest BCUT2D eigenvalue weighted by molar-refractivity contribution is 5.89. The van der Waals surface area contributed by atoms with Crippen LogP contribution in [0.3, 0.4) is 0 Å². The number of carboxylic acid groups (broad SMARTS) is 1. The maximum Gasteiger partial charge on any atom is 0.329 e. The van der Waals surface area contributed by atoms with Crippen LogP contribution in [0, 0.1) is 0 Å². The maximum atomic E-state index is 12.1. The summed E-state index contributed by atoms with van der Waals surface area (Å²) in [5, 5.41) is 11.5. The largest absolute Gasteiger partial charge is 0.480 e. The molecule has 1 saturated heterocycles. The predicted molar refractivity (Wildman–Crippen MR) is 65.4 cm³/mol. The Labute approximate surface area is 110 Å². The number of rotatable bonds is 4. The first-order valence-electron chi connectivity index (χ1n) is 6.01. The molecule has 0 saturated carbocycles. The fourth-order valence-corrected chi connectivity index (χ4v) is 1.68. The molecule has 1 rings (SSSR count). The fourth-order valence-electron chi connectivity index (χ4n) is 1.68. The van der Waals surface area contributed by atoms with Crippen LogP contribution in [-0.4, -0.2) is 59.3 Å². The molecular weight excluding hydrogens is 254 g/mol. The third kappa shape index (κ3) is 3.34. The van der Waals surface area contributed by atoms with Crippen LogP contribution in [0.25, 0.3) is 0 Å². The van der Waals surface area contributed by atoms with Gasteiger partial charge >= 0.3 is 12.0 Å². The summed E-state index contributed by atoms with van der Waals surface area (Å²) in [6.45, 7) is 3.57. The molecule has 4 N–H and O–H groups in total. The van der Waals surface area contributed by atoms with Crippen molar-refractivity contribution in [2.45, 2.75) is 31.8 Å². The Bertz CT molecular complexity index is 387. The van der Waals surface area contributed by atoms with Crippen LogP contribution in [0.4, 0.5) is 4.79 Å². The molecule has 0 bridgehead atoms. The summed E-state index contributed by atoms with van der Waals surface area (Å²) >= 11 is 0. The van der Waals surface area contributed by atoms with Crippen molar-refractivity contribution < 1.29 is 24.2 Å². The first kappa shape index (κ1) is 15.2. The number of carboxylic acids is 1. The molecule has 1 fully saturated rings. The number of ether oxygens (including phenoxy) is 1. The Morgan fingerprint density at radius 3 is 2.63 bits per heavy atom. The summed E-state index contributed by atoms with van der Waals surface area (Å²) in [6.07, 6.45) is 0.222. The average molecular weight is 273 g/mol. The van der Waals surface area contributed by atoms with E-state index in [0.717, 1.165) is 0 Å². The lowest BCUT2D eigenvalue weighted by molar-refractivity contribution is -0.144. The third-order valence-electron chi connectivity index (χ3n) is 3.28. The zero-order valence-electron chi connectivity index (χ0n) is 11.0. The van der Waals surface area contributed by atoms with E-state index in [-0.39, 0.29) is 26.2 Å². The number of carbonyl (C=O) groups excluding carboxylic acids is 2. The highest BCUT2D eigenvalue weighted by atomic mass is 16.5. The highest BCUT2D eigenvalue weighted by Crippen LogP contribution is 2.13. The monoisotopic (exact) mass is 273 g/mol. The number of aliphatic carboxylic acids is 1. The summed E-state index contributed by atoms with van der Waals surface area (Å²) in [4.78, 5) is 35.7. The standard InChI is InChI=1S/C11H19N3O5/c1-3-11(2,9(16)17)13-10(18)14-4-5-19-6-7(14)8(12)15/h7H,3-6H2,1-2H3,(H2,12,15)(H,13,18)(H,16,17). The second-order valence-corrected chi connectivity index (χ2v) is 4.61. The van der Waals surface area contributed by atoms with Gasteiger partial charge in [0.15, 0.2) is 0 Å². The molecule has 8 heteroatoms. The van der Waals surface area contributed by atoms with Crippen molar-refractivity contribution in [3.8, 4) is 0 Å². The van der Waals surface area contributed by atoms with Crippen molar-refractivity contribution in [3.63, 3.8) is 0 Å². The van der Waals surface area contributed by atoms with Crippen LogP contribution in [0.5, 0.6) is 0 Å². The number of morpholine rings is 1. The number of urea groups is 1. The van der Waals surface area contributed by atoms with Crippen LogP contribution < -0.4 is 11.1 Å². The molecule has 0 aromatic rings. The molecule has 0 aromatic carbocycles. The SMILES string of the molecule is CCC(C)(NC(=O)N1CCOCC1C(N)=O)C(=O)O. The van der Waals surface area contributed by atoms with Gasteiger partial charge in [0.1, 0.15) is 11.6 Å². The number of nitrogens with zero attached hydrogens (tertiary/aromatic N) is 1. The quantitative estimate of drug-likeness (QED) is 0.615. The van der Waals surface area contributed by atoms with E-state index < -0.39 is 29.5 Å². The number of hydrogen-bond donors (Lipinski definition) is 3. The molecule has 1 aliphatic heterocycles. The molecular formula is C11H19N3O5. The molecule has 8 nitrogen and oxygen atoms in total. The number of nitrogens with one attached hydrogen (secondary N) is 1.